The van der Waals surface area contributed by atoms with Gasteiger partial charge in [-0.3, -0.25) is 4.79 Å². The van der Waals surface area contributed by atoms with Crippen molar-refractivity contribution in [3.8, 4) is 6.07 Å². The van der Waals surface area contributed by atoms with Crippen molar-refractivity contribution in [2.75, 3.05) is 11.1 Å². The number of nitrogens with zero attached hydrogens (tertiary/aromatic N) is 1. The number of hydrogen-bond donors (Lipinski definition) is 2. The van der Waals surface area contributed by atoms with E-state index in [1.165, 1.54) is 0 Å². The van der Waals surface area contributed by atoms with Crippen molar-refractivity contribution < 1.29 is 4.79 Å². The Bertz CT molecular complexity index is 714. The molecule has 100 valence electrons. The van der Waals surface area contributed by atoms with E-state index >= 15 is 0 Å². The lowest BCUT2D eigenvalue weighted by Crippen LogP contribution is -2.14. The average molecular weight is 265 g/mol. The van der Waals surface area contributed by atoms with Crippen LogP contribution >= 0.6 is 0 Å². The second kappa shape index (κ2) is 5.45. The van der Waals surface area contributed by atoms with Crippen molar-refractivity contribution in [1.29, 1.82) is 5.26 Å². The van der Waals surface area contributed by atoms with Crippen LogP contribution in [-0.2, 0) is 0 Å². The molecule has 2 rings (SSSR count). The Hall–Kier alpha value is -2.80. The molecule has 0 aliphatic heterocycles. The van der Waals surface area contributed by atoms with Crippen molar-refractivity contribution in [2.24, 2.45) is 0 Å². The number of nitrogen functional groups attached to an aromatic ring is 1. The fourth-order valence-corrected chi connectivity index (χ4v) is 1.90. The Morgan fingerprint density at radius 1 is 1.15 bits per heavy atom. The highest BCUT2D eigenvalue weighted by atomic mass is 16.1. The van der Waals surface area contributed by atoms with Gasteiger partial charge in [-0.2, -0.15) is 5.26 Å². The van der Waals surface area contributed by atoms with Gasteiger partial charge in [-0.1, -0.05) is 12.1 Å². The third-order valence-electron chi connectivity index (χ3n) is 3.12. The molecule has 0 radical (unpaired) electrons. The summed E-state index contributed by atoms with van der Waals surface area (Å²) in [5.74, 6) is -0.229. The molecular weight excluding hydrogens is 250 g/mol. The van der Waals surface area contributed by atoms with Crippen molar-refractivity contribution in [3.05, 3.63) is 58.7 Å². The fraction of sp³-hybridized carbons (Fsp3) is 0.125. The lowest BCUT2D eigenvalue weighted by Gasteiger charge is -2.11. The Balaban J connectivity index is 2.33. The normalized spacial score (nSPS) is 9.85. The van der Waals surface area contributed by atoms with Gasteiger partial charge < -0.3 is 11.1 Å². The zero-order valence-corrected chi connectivity index (χ0v) is 11.4. The average Bonchev–Trinajstić information content (AvgIpc) is 2.43. The van der Waals surface area contributed by atoms with Crippen LogP contribution in [0, 0.1) is 25.2 Å². The molecule has 0 spiro atoms. The van der Waals surface area contributed by atoms with Gasteiger partial charge in [-0.15, -0.1) is 0 Å². The summed E-state index contributed by atoms with van der Waals surface area (Å²) >= 11 is 0. The minimum absolute atomic E-state index is 0.229. The van der Waals surface area contributed by atoms with Crippen molar-refractivity contribution in [2.45, 2.75) is 13.8 Å². The number of nitrogens with one attached hydrogen (secondary N) is 1. The molecule has 4 nitrogen and oxygen atoms in total. The van der Waals surface area contributed by atoms with Gasteiger partial charge >= 0.3 is 0 Å². The highest BCUT2D eigenvalue weighted by Gasteiger charge is 2.11. The van der Waals surface area contributed by atoms with Gasteiger partial charge in [0.15, 0.2) is 0 Å². The zero-order valence-electron chi connectivity index (χ0n) is 11.4. The molecule has 1 amide bonds. The maximum atomic E-state index is 12.3. The van der Waals surface area contributed by atoms with E-state index in [1.807, 2.05) is 19.9 Å². The summed E-state index contributed by atoms with van der Waals surface area (Å²) in [5.41, 5.74) is 9.69. The molecule has 2 aromatic carbocycles. The molecule has 20 heavy (non-hydrogen) atoms. The predicted molar refractivity (Wildman–Crippen MR) is 79.4 cm³/mol. The van der Waals surface area contributed by atoms with Crippen LogP contribution in [0.15, 0.2) is 36.4 Å². The fourth-order valence-electron chi connectivity index (χ4n) is 1.90. The lowest BCUT2D eigenvalue weighted by atomic mass is 10.1. The van der Waals surface area contributed by atoms with Gasteiger partial charge in [-0.25, -0.2) is 0 Å². The summed E-state index contributed by atoms with van der Waals surface area (Å²) < 4.78 is 0. The predicted octanol–water partition coefficient (Wildman–Crippen LogP) is 3.01. The molecule has 0 aliphatic carbocycles. The second-order valence-electron chi connectivity index (χ2n) is 4.67. The highest BCUT2D eigenvalue weighted by molar-refractivity contribution is 6.06. The van der Waals surface area contributed by atoms with Crippen LogP contribution in [0.2, 0.25) is 0 Å². The third kappa shape index (κ3) is 2.78. The number of amides is 1. The maximum absolute atomic E-state index is 12.3. The number of anilines is 2. The molecule has 0 unspecified atom stereocenters. The molecule has 0 aliphatic rings. The Labute approximate surface area is 117 Å². The molecule has 0 saturated carbocycles. The van der Waals surface area contributed by atoms with Crippen molar-refractivity contribution in [1.82, 2.24) is 0 Å². The minimum atomic E-state index is -0.229. The van der Waals surface area contributed by atoms with Crippen LogP contribution in [0.1, 0.15) is 27.0 Å². The van der Waals surface area contributed by atoms with Gasteiger partial charge in [0, 0.05) is 16.9 Å². The summed E-state index contributed by atoms with van der Waals surface area (Å²) in [6.45, 7) is 3.73. The van der Waals surface area contributed by atoms with Gasteiger partial charge in [0.25, 0.3) is 5.91 Å². The smallest absolute Gasteiger partial charge is 0.256 e. The molecule has 0 saturated heterocycles. The van der Waals surface area contributed by atoms with E-state index in [0.717, 1.165) is 11.1 Å². The largest absolute Gasteiger partial charge is 0.399 e. The number of carbonyl (C=O) groups is 1. The maximum Gasteiger partial charge on any atom is 0.256 e. The van der Waals surface area contributed by atoms with Gasteiger partial charge in [0.05, 0.1) is 11.6 Å². The van der Waals surface area contributed by atoms with Crippen LogP contribution in [-0.4, -0.2) is 5.91 Å². The van der Waals surface area contributed by atoms with Crippen LogP contribution in [0.25, 0.3) is 0 Å². The minimum Gasteiger partial charge on any atom is -0.399 e. The molecule has 0 fully saturated rings. The summed E-state index contributed by atoms with van der Waals surface area (Å²) in [4.78, 5) is 12.3. The molecule has 2 aromatic rings. The molecule has 0 bridgehead atoms. The van der Waals surface area contributed by atoms with E-state index in [1.54, 1.807) is 30.3 Å². The number of nitriles is 1. The van der Waals surface area contributed by atoms with E-state index in [9.17, 15) is 4.79 Å². The number of nitrogens with two attached hydrogens (primary N) is 1. The van der Waals surface area contributed by atoms with E-state index in [4.69, 9.17) is 11.0 Å². The van der Waals surface area contributed by atoms with Crippen molar-refractivity contribution in [3.63, 3.8) is 0 Å². The molecule has 0 atom stereocenters. The number of benzene rings is 2. The summed E-state index contributed by atoms with van der Waals surface area (Å²) in [6, 6.07) is 12.5. The summed E-state index contributed by atoms with van der Waals surface area (Å²) in [5, 5.41) is 11.7. The van der Waals surface area contributed by atoms with Crippen LogP contribution in [0.5, 0.6) is 0 Å². The van der Waals surface area contributed by atoms with Crippen molar-refractivity contribution >= 4 is 17.3 Å². The van der Waals surface area contributed by atoms with Gasteiger partial charge in [0.1, 0.15) is 0 Å². The summed E-state index contributed by atoms with van der Waals surface area (Å²) in [6.07, 6.45) is 0. The van der Waals surface area contributed by atoms with E-state index in [2.05, 4.69) is 11.4 Å². The topological polar surface area (TPSA) is 78.9 Å². The Morgan fingerprint density at radius 2 is 1.85 bits per heavy atom. The number of hydrogen-bond acceptors (Lipinski definition) is 3. The first-order chi connectivity index (χ1) is 9.51. The number of aryl methyl sites for hydroxylation is 2. The highest BCUT2D eigenvalue weighted by Crippen LogP contribution is 2.19. The molecule has 0 heterocycles. The zero-order chi connectivity index (χ0) is 14.7. The van der Waals surface area contributed by atoms with E-state index < -0.39 is 0 Å². The van der Waals surface area contributed by atoms with Gasteiger partial charge in [-0.05, 0) is 49.2 Å². The first kappa shape index (κ1) is 13.6. The molecular formula is C16H15N3O. The molecule has 3 N–H and O–H groups in total. The Kier molecular flexibility index (Phi) is 3.72. The van der Waals surface area contributed by atoms with E-state index in [0.29, 0.717) is 22.5 Å². The van der Waals surface area contributed by atoms with Gasteiger partial charge in [0.2, 0.25) is 0 Å². The molecule has 4 heteroatoms. The standard InChI is InChI=1S/C16H15N3O/c1-10-4-6-13(18)8-14(10)16(20)19-15-7-12(9-17)5-3-11(15)2/h3-8H,18H2,1-2H3,(H,19,20). The van der Waals surface area contributed by atoms with E-state index in [-0.39, 0.29) is 5.91 Å². The quantitative estimate of drug-likeness (QED) is 0.819. The number of rotatable bonds is 2. The lowest BCUT2D eigenvalue weighted by molar-refractivity contribution is 0.102. The molecule has 0 aromatic heterocycles. The third-order valence-corrected chi connectivity index (χ3v) is 3.12. The van der Waals surface area contributed by atoms with Crippen LogP contribution in [0.3, 0.4) is 0 Å². The van der Waals surface area contributed by atoms with Crippen LogP contribution in [0.4, 0.5) is 11.4 Å². The number of carbonyl (C=O) groups excluding carboxylic acids is 1. The first-order valence-electron chi connectivity index (χ1n) is 6.19. The SMILES string of the molecule is Cc1ccc(C#N)cc1NC(=O)c1cc(N)ccc1C. The summed E-state index contributed by atoms with van der Waals surface area (Å²) in [7, 11) is 0. The first-order valence-corrected chi connectivity index (χ1v) is 6.19. The second-order valence-corrected chi connectivity index (χ2v) is 4.67. The monoisotopic (exact) mass is 265 g/mol. The van der Waals surface area contributed by atoms with Crippen LogP contribution < -0.4 is 11.1 Å². The Morgan fingerprint density at radius 3 is 2.55 bits per heavy atom.